The molecule has 10 heteroatoms. The second-order valence-electron chi connectivity index (χ2n) is 11.7. The fourth-order valence-electron chi connectivity index (χ4n) is 4.15. The summed E-state index contributed by atoms with van der Waals surface area (Å²) in [5.74, 6) is -0.158. The van der Waals surface area contributed by atoms with Gasteiger partial charge in [-0.3, -0.25) is 4.79 Å². The summed E-state index contributed by atoms with van der Waals surface area (Å²) >= 11 is 0. The van der Waals surface area contributed by atoms with Crippen LogP contribution in [0.25, 0.3) is 0 Å². The van der Waals surface area contributed by atoms with E-state index in [2.05, 4.69) is 29.5 Å². The van der Waals surface area contributed by atoms with Crippen molar-refractivity contribution in [3.63, 3.8) is 0 Å². The molecule has 0 fully saturated rings. The summed E-state index contributed by atoms with van der Waals surface area (Å²) in [6, 6.07) is 15.3. The highest BCUT2D eigenvalue weighted by Crippen LogP contribution is 2.27. The average molecular weight is 571 g/mol. The first-order valence-electron chi connectivity index (χ1n) is 13.2. The monoisotopic (exact) mass is 570 g/mol. The number of nitrogens with zero attached hydrogens (tertiary/aromatic N) is 4. The molecule has 0 N–H and O–H groups in total. The molecule has 1 heterocycles. The predicted molar refractivity (Wildman–Crippen MR) is 161 cm³/mol. The van der Waals surface area contributed by atoms with E-state index in [1.807, 2.05) is 55.9 Å². The molecule has 212 valence electrons. The number of carbonyl (C=O) groups is 1. The van der Waals surface area contributed by atoms with Crippen molar-refractivity contribution in [2.45, 2.75) is 57.7 Å². The lowest BCUT2D eigenvalue weighted by Crippen LogP contribution is -2.35. The van der Waals surface area contributed by atoms with Crippen molar-refractivity contribution in [3.8, 4) is 0 Å². The second-order valence-corrected chi connectivity index (χ2v) is 19.3. The van der Waals surface area contributed by atoms with Crippen LogP contribution in [0.1, 0.15) is 29.9 Å². The van der Waals surface area contributed by atoms with Crippen LogP contribution in [-0.4, -0.2) is 58.4 Å². The van der Waals surface area contributed by atoms with Gasteiger partial charge in [0.15, 0.2) is 9.84 Å². The number of imidazole rings is 1. The van der Waals surface area contributed by atoms with E-state index >= 15 is 0 Å². The summed E-state index contributed by atoms with van der Waals surface area (Å²) in [7, 11) is -2.72. The predicted octanol–water partition coefficient (Wildman–Crippen LogP) is 5.54. The Hall–Kier alpha value is -2.95. The van der Waals surface area contributed by atoms with E-state index in [-0.39, 0.29) is 22.3 Å². The van der Waals surface area contributed by atoms with Crippen molar-refractivity contribution in [3.05, 3.63) is 72.3 Å². The zero-order chi connectivity index (χ0) is 28.8. The minimum absolute atomic E-state index is 0.0392. The Labute approximate surface area is 234 Å². The van der Waals surface area contributed by atoms with E-state index < -0.39 is 17.9 Å². The number of amides is 1. The molecule has 3 rings (SSSR count). The molecule has 0 spiro atoms. The number of hydrogen-bond acceptors (Lipinski definition) is 6. The van der Waals surface area contributed by atoms with Crippen molar-refractivity contribution in [1.82, 2.24) is 9.55 Å². The van der Waals surface area contributed by atoms with Crippen molar-refractivity contribution < 1.29 is 17.9 Å². The normalized spacial score (nSPS) is 12.1. The van der Waals surface area contributed by atoms with Gasteiger partial charge >= 0.3 is 0 Å². The van der Waals surface area contributed by atoms with Gasteiger partial charge in [0, 0.05) is 45.9 Å². The van der Waals surface area contributed by atoms with Gasteiger partial charge in [-0.1, -0.05) is 51.7 Å². The smallest absolute Gasteiger partial charge is 0.259 e. The highest BCUT2D eigenvalue weighted by Gasteiger charge is 2.25. The maximum Gasteiger partial charge on any atom is 0.259 e. The van der Waals surface area contributed by atoms with Crippen molar-refractivity contribution >= 4 is 35.2 Å². The molecule has 0 unspecified atom stereocenters. The highest BCUT2D eigenvalue weighted by atomic mass is 32.2. The fourth-order valence-corrected chi connectivity index (χ4v) is 5.79. The molecule has 8 nitrogen and oxygen atoms in total. The van der Waals surface area contributed by atoms with Gasteiger partial charge in [-0.25, -0.2) is 13.4 Å². The zero-order valence-corrected chi connectivity index (χ0v) is 26.0. The molecule has 0 aliphatic rings. The Balaban J connectivity index is 1.82. The van der Waals surface area contributed by atoms with Gasteiger partial charge in [-0.2, -0.15) is 0 Å². The molecule has 0 bridgehead atoms. The van der Waals surface area contributed by atoms with Gasteiger partial charge in [0.2, 0.25) is 0 Å². The minimum atomic E-state index is -3.57. The number of aromatic nitrogens is 2. The van der Waals surface area contributed by atoms with Crippen LogP contribution in [0.3, 0.4) is 0 Å². The number of benzene rings is 2. The van der Waals surface area contributed by atoms with Gasteiger partial charge in [0.1, 0.15) is 6.73 Å². The minimum Gasteiger partial charge on any atom is -0.369 e. The third-order valence-corrected chi connectivity index (χ3v) is 9.18. The van der Waals surface area contributed by atoms with Crippen LogP contribution in [0, 0.1) is 5.92 Å². The number of rotatable bonds is 13. The Kier molecular flexibility index (Phi) is 10.1. The van der Waals surface area contributed by atoms with Crippen LogP contribution in [0.4, 0.5) is 11.4 Å². The van der Waals surface area contributed by atoms with Gasteiger partial charge < -0.3 is 19.1 Å². The first kappa shape index (κ1) is 30.6. The average Bonchev–Trinajstić information content (AvgIpc) is 3.30. The van der Waals surface area contributed by atoms with E-state index in [0.29, 0.717) is 25.5 Å². The van der Waals surface area contributed by atoms with Crippen LogP contribution in [0.2, 0.25) is 25.7 Å². The Morgan fingerprint density at radius 2 is 1.77 bits per heavy atom. The SMILES string of the molecule is CC(C)CN(C(=O)c1ccccc1S(C)(=O)=O)c1cccc(N(C)Cc2cncn2COCC[Si](C)(C)C)c1. The van der Waals surface area contributed by atoms with Gasteiger partial charge in [0.05, 0.1) is 35.2 Å². The molecule has 1 amide bonds. The molecule has 0 aliphatic carbocycles. The lowest BCUT2D eigenvalue weighted by molar-refractivity contribution is 0.0853. The van der Waals surface area contributed by atoms with Gasteiger partial charge in [-0.15, -0.1) is 0 Å². The standard InChI is InChI=1S/C29H42N4O4SSi/c1-23(2)19-33(29(34)27-13-8-9-14-28(27)38(4,35)36)25-12-10-11-24(17-25)31(3)20-26-18-30-21-32(26)22-37-15-16-39(5,6)7/h8-14,17-18,21,23H,15-16,19-20,22H2,1-7H3. The number of ether oxygens (including phenoxy) is 1. The van der Waals surface area contributed by atoms with Gasteiger partial charge in [-0.05, 0) is 42.3 Å². The van der Waals surface area contributed by atoms with Crippen LogP contribution in [0.5, 0.6) is 0 Å². The molecule has 1 aromatic heterocycles. The van der Waals surface area contributed by atoms with Crippen LogP contribution < -0.4 is 9.80 Å². The second kappa shape index (κ2) is 12.9. The molecule has 0 saturated heterocycles. The van der Waals surface area contributed by atoms with E-state index in [1.165, 1.54) is 6.07 Å². The lowest BCUT2D eigenvalue weighted by atomic mass is 10.1. The van der Waals surface area contributed by atoms with Crippen molar-refractivity contribution in [2.75, 3.05) is 36.3 Å². The molecule has 0 atom stereocenters. The number of sulfone groups is 1. The maximum atomic E-state index is 13.7. The van der Waals surface area contributed by atoms with Crippen molar-refractivity contribution in [2.24, 2.45) is 5.92 Å². The first-order valence-corrected chi connectivity index (χ1v) is 18.8. The maximum absolute atomic E-state index is 13.7. The molecule has 0 radical (unpaired) electrons. The number of anilines is 2. The van der Waals surface area contributed by atoms with Crippen molar-refractivity contribution in [1.29, 1.82) is 0 Å². The molecule has 39 heavy (non-hydrogen) atoms. The molecular formula is C29H42N4O4SSi. The third-order valence-electron chi connectivity index (χ3n) is 6.32. The summed E-state index contributed by atoms with van der Waals surface area (Å²) in [6.07, 6.45) is 4.76. The quantitative estimate of drug-likeness (QED) is 0.198. The molecular weight excluding hydrogens is 528 g/mol. The fraction of sp³-hybridized carbons (Fsp3) is 0.448. The third kappa shape index (κ3) is 8.77. The van der Waals surface area contributed by atoms with Crippen LogP contribution in [0.15, 0.2) is 66.0 Å². The molecule has 3 aromatic rings. The molecule has 0 aliphatic heterocycles. The Morgan fingerprint density at radius 3 is 2.44 bits per heavy atom. The highest BCUT2D eigenvalue weighted by molar-refractivity contribution is 7.90. The summed E-state index contributed by atoms with van der Waals surface area (Å²) in [6.45, 7) is 13.3. The van der Waals surface area contributed by atoms with Crippen LogP contribution in [-0.2, 0) is 27.8 Å². The largest absolute Gasteiger partial charge is 0.369 e. The molecule has 2 aromatic carbocycles. The van der Waals surface area contributed by atoms with E-state index in [9.17, 15) is 13.2 Å². The summed E-state index contributed by atoms with van der Waals surface area (Å²) in [4.78, 5) is 21.9. The summed E-state index contributed by atoms with van der Waals surface area (Å²) in [5, 5.41) is 0. The topological polar surface area (TPSA) is 84.7 Å². The Morgan fingerprint density at radius 1 is 1.08 bits per heavy atom. The first-order chi connectivity index (χ1) is 18.3. The number of hydrogen-bond donors (Lipinski definition) is 0. The summed E-state index contributed by atoms with van der Waals surface area (Å²) in [5.41, 5.74) is 2.84. The molecule has 0 saturated carbocycles. The number of carbonyl (C=O) groups excluding carboxylic acids is 1. The van der Waals surface area contributed by atoms with Gasteiger partial charge in [0.25, 0.3) is 5.91 Å². The lowest BCUT2D eigenvalue weighted by Gasteiger charge is -2.27. The zero-order valence-electron chi connectivity index (χ0n) is 24.2. The summed E-state index contributed by atoms with van der Waals surface area (Å²) < 4.78 is 32.7. The Bertz CT molecular complexity index is 1370. The van der Waals surface area contributed by atoms with E-state index in [0.717, 1.165) is 30.3 Å². The van der Waals surface area contributed by atoms with E-state index in [4.69, 9.17) is 4.74 Å². The van der Waals surface area contributed by atoms with Crippen LogP contribution >= 0.6 is 0 Å². The van der Waals surface area contributed by atoms with E-state index in [1.54, 1.807) is 29.4 Å².